The number of unbranched alkanes of at least 4 members (excludes halogenated alkanes) is 6. The quantitative estimate of drug-likeness (QED) is 0.206. The average molecular weight is 313 g/mol. The first-order valence-corrected chi connectivity index (χ1v) is 11.6. The molecular weight excluding hydrogens is 280 g/mol. The number of hydrogen-bond acceptors (Lipinski definition) is 0. The second-order valence-electron chi connectivity index (χ2n) is 5.46. The lowest BCUT2D eigenvalue weighted by Gasteiger charge is -2.11. The van der Waals surface area contributed by atoms with E-state index >= 15 is 0 Å². The van der Waals surface area contributed by atoms with Crippen molar-refractivity contribution in [3.8, 4) is 0 Å². The monoisotopic (exact) mass is 312 g/mol. The van der Waals surface area contributed by atoms with E-state index in [2.05, 4.69) is 56.1 Å². The first-order chi connectivity index (χ1) is 9.68. The minimum absolute atomic E-state index is 1.16. The topological polar surface area (TPSA) is 0 Å². The van der Waals surface area contributed by atoms with Crippen molar-refractivity contribution in [2.24, 2.45) is 0 Å². The molecule has 0 amide bonds. The van der Waals surface area contributed by atoms with Gasteiger partial charge in [-0.25, -0.2) is 0 Å². The van der Waals surface area contributed by atoms with Gasteiger partial charge in [0, 0.05) is 0 Å². The second kappa shape index (κ2) is 13.7. The van der Waals surface area contributed by atoms with E-state index in [1.54, 1.807) is 0 Å². The van der Waals surface area contributed by atoms with Gasteiger partial charge in [-0.2, -0.15) is 11.1 Å². The highest BCUT2D eigenvalue weighted by molar-refractivity contribution is 7.28. The average Bonchev–Trinajstić information content (AvgIpc) is 2.45. The van der Waals surface area contributed by atoms with Crippen molar-refractivity contribution < 1.29 is 0 Å². The van der Waals surface area contributed by atoms with E-state index in [0.717, 1.165) is 19.3 Å². The standard InChI is InChI=1S/C18H33ClSi/c1-4-7-10-13-16-20(19,17-14-11-8-5-2)18-15-12-9-6-3/h13-18H,4-12H2,1-3H3. The maximum absolute atomic E-state index is 6.85. The van der Waals surface area contributed by atoms with Gasteiger partial charge in [0.15, 0.2) is 0 Å². The van der Waals surface area contributed by atoms with E-state index in [1.807, 2.05) is 0 Å². The van der Waals surface area contributed by atoms with Crippen LogP contribution in [0.3, 0.4) is 0 Å². The molecule has 0 aromatic carbocycles. The molecule has 0 saturated heterocycles. The third kappa shape index (κ3) is 11.5. The van der Waals surface area contributed by atoms with Gasteiger partial charge in [0.05, 0.1) is 0 Å². The van der Waals surface area contributed by atoms with Gasteiger partial charge in [-0.1, -0.05) is 94.6 Å². The van der Waals surface area contributed by atoms with Gasteiger partial charge in [-0.15, -0.1) is 0 Å². The Labute approximate surface area is 132 Å². The Morgan fingerprint density at radius 3 is 1.20 bits per heavy atom. The fourth-order valence-corrected chi connectivity index (χ4v) is 4.64. The molecule has 0 spiro atoms. The van der Waals surface area contributed by atoms with Gasteiger partial charge in [0.1, 0.15) is 0 Å². The molecule has 116 valence electrons. The molecule has 0 aromatic heterocycles. The van der Waals surface area contributed by atoms with E-state index in [0.29, 0.717) is 0 Å². The maximum atomic E-state index is 6.85. The van der Waals surface area contributed by atoms with Crippen molar-refractivity contribution in [3.05, 3.63) is 35.3 Å². The zero-order valence-corrected chi connectivity index (χ0v) is 15.5. The summed E-state index contributed by atoms with van der Waals surface area (Å²) < 4.78 is 0. The van der Waals surface area contributed by atoms with Crippen LogP contribution < -0.4 is 0 Å². The summed E-state index contributed by atoms with van der Waals surface area (Å²) >= 11 is 6.85. The predicted molar refractivity (Wildman–Crippen MR) is 97.6 cm³/mol. The summed E-state index contributed by atoms with van der Waals surface area (Å²) in [7, 11) is -1.97. The molecule has 0 N–H and O–H groups in total. The summed E-state index contributed by atoms with van der Waals surface area (Å²) in [5.74, 6) is 0. The minimum Gasteiger partial charge on any atom is -0.151 e. The largest absolute Gasteiger partial charge is 0.225 e. The summed E-state index contributed by atoms with van der Waals surface area (Å²) in [4.78, 5) is 0. The third-order valence-electron chi connectivity index (χ3n) is 3.29. The molecule has 0 fully saturated rings. The Morgan fingerprint density at radius 2 is 0.950 bits per heavy atom. The lowest BCUT2D eigenvalue weighted by molar-refractivity contribution is 0.814. The zero-order chi connectivity index (χ0) is 15.1. The molecule has 0 aliphatic carbocycles. The Kier molecular flexibility index (Phi) is 13.5. The van der Waals surface area contributed by atoms with Crippen molar-refractivity contribution in [1.82, 2.24) is 0 Å². The van der Waals surface area contributed by atoms with Crippen molar-refractivity contribution in [3.63, 3.8) is 0 Å². The normalized spacial score (nSPS) is 15.6. The smallest absolute Gasteiger partial charge is 0.151 e. The Bertz CT molecular complexity index is 246. The van der Waals surface area contributed by atoms with Crippen LogP contribution in [0.25, 0.3) is 0 Å². The molecule has 0 unspecified atom stereocenters. The highest BCUT2D eigenvalue weighted by Crippen LogP contribution is 2.18. The van der Waals surface area contributed by atoms with Gasteiger partial charge in [0.25, 0.3) is 0 Å². The molecule has 0 heterocycles. The fraction of sp³-hybridized carbons (Fsp3) is 0.667. The second-order valence-corrected chi connectivity index (χ2v) is 10.1. The molecule has 0 radical (unpaired) electrons. The van der Waals surface area contributed by atoms with E-state index in [9.17, 15) is 0 Å². The summed E-state index contributed by atoms with van der Waals surface area (Å²) in [6.45, 7) is 6.69. The van der Waals surface area contributed by atoms with Crippen LogP contribution in [0.1, 0.15) is 78.6 Å². The molecule has 0 bridgehead atoms. The van der Waals surface area contributed by atoms with E-state index in [-0.39, 0.29) is 0 Å². The van der Waals surface area contributed by atoms with Crippen LogP contribution in [0.4, 0.5) is 0 Å². The van der Waals surface area contributed by atoms with E-state index in [4.69, 9.17) is 11.1 Å². The van der Waals surface area contributed by atoms with Crippen LogP contribution in [-0.2, 0) is 0 Å². The van der Waals surface area contributed by atoms with Gasteiger partial charge < -0.3 is 0 Å². The Hall–Kier alpha value is -0.273. The molecule has 0 rings (SSSR count). The molecule has 0 aromatic rings. The van der Waals surface area contributed by atoms with Crippen molar-refractivity contribution in [2.45, 2.75) is 78.6 Å². The maximum Gasteiger partial charge on any atom is 0.225 e. The van der Waals surface area contributed by atoms with Crippen LogP contribution in [0.15, 0.2) is 35.3 Å². The fourth-order valence-electron chi connectivity index (χ4n) is 1.92. The molecule has 2 heteroatoms. The van der Waals surface area contributed by atoms with Crippen molar-refractivity contribution >= 4 is 18.5 Å². The van der Waals surface area contributed by atoms with Crippen molar-refractivity contribution in [2.75, 3.05) is 0 Å². The van der Waals surface area contributed by atoms with Crippen LogP contribution in [0, 0.1) is 0 Å². The molecular formula is C18H33ClSi. The summed E-state index contributed by atoms with van der Waals surface area (Å²) in [5, 5.41) is 0. The van der Waals surface area contributed by atoms with Gasteiger partial charge >= 0.3 is 0 Å². The predicted octanol–water partition coefficient (Wildman–Crippen LogP) is 7.03. The molecule has 20 heavy (non-hydrogen) atoms. The minimum atomic E-state index is -1.97. The number of halogens is 1. The molecule has 0 aliphatic heterocycles. The first-order valence-electron chi connectivity index (χ1n) is 8.40. The van der Waals surface area contributed by atoms with Crippen LogP contribution in [0.5, 0.6) is 0 Å². The van der Waals surface area contributed by atoms with Gasteiger partial charge in [-0.3, -0.25) is 0 Å². The summed E-state index contributed by atoms with van der Waals surface area (Å²) in [6, 6.07) is 0. The Morgan fingerprint density at radius 1 is 0.650 bits per heavy atom. The SMILES string of the molecule is CCCCC=C[Si](Cl)(C=CCCCC)C=CCCCC. The Balaban J connectivity index is 4.52. The zero-order valence-electron chi connectivity index (χ0n) is 13.7. The van der Waals surface area contributed by atoms with Gasteiger partial charge in [-0.05, 0) is 19.3 Å². The van der Waals surface area contributed by atoms with Crippen LogP contribution in [0.2, 0.25) is 0 Å². The molecule has 0 atom stereocenters. The lowest BCUT2D eigenvalue weighted by atomic mass is 10.2. The number of allylic oxidation sites excluding steroid dienone is 3. The van der Waals surface area contributed by atoms with E-state index < -0.39 is 7.38 Å². The van der Waals surface area contributed by atoms with Crippen LogP contribution in [-0.4, -0.2) is 7.38 Å². The first kappa shape index (κ1) is 19.7. The molecule has 0 saturated carbocycles. The van der Waals surface area contributed by atoms with Crippen molar-refractivity contribution in [1.29, 1.82) is 0 Å². The number of rotatable bonds is 12. The summed E-state index contributed by atoms with van der Waals surface area (Å²) in [6.07, 6.45) is 17.9. The lowest BCUT2D eigenvalue weighted by Crippen LogP contribution is -2.18. The highest BCUT2D eigenvalue weighted by Gasteiger charge is 2.19. The van der Waals surface area contributed by atoms with E-state index in [1.165, 1.54) is 38.5 Å². The highest BCUT2D eigenvalue weighted by atomic mass is 35.6. The number of hydrogen-bond donors (Lipinski definition) is 0. The summed E-state index contributed by atoms with van der Waals surface area (Å²) in [5.41, 5.74) is 6.86. The third-order valence-corrected chi connectivity index (χ3v) is 6.67. The van der Waals surface area contributed by atoms with Gasteiger partial charge in [0.2, 0.25) is 7.38 Å². The molecule has 0 nitrogen and oxygen atoms in total. The van der Waals surface area contributed by atoms with Crippen LogP contribution >= 0.6 is 11.1 Å². The molecule has 0 aliphatic rings.